The van der Waals surface area contributed by atoms with Crippen molar-refractivity contribution in [2.45, 2.75) is 51.1 Å². The molecule has 2 unspecified atom stereocenters. The Morgan fingerprint density at radius 1 is 1.19 bits per heavy atom. The summed E-state index contributed by atoms with van der Waals surface area (Å²) in [5, 5.41) is 3.01. The molecule has 0 aromatic heterocycles. The van der Waals surface area contributed by atoms with Crippen LogP contribution in [0.1, 0.15) is 32.3 Å². The second kappa shape index (κ2) is 6.13. The van der Waals surface area contributed by atoms with Crippen molar-refractivity contribution in [3.63, 3.8) is 0 Å². The van der Waals surface area contributed by atoms with Gasteiger partial charge in [0.05, 0.1) is 24.9 Å². The highest BCUT2D eigenvalue weighted by atomic mass is 19.4. The third kappa shape index (κ3) is 4.03. The Morgan fingerprint density at radius 3 is 2.33 bits per heavy atom. The van der Waals surface area contributed by atoms with Gasteiger partial charge in [-0.3, -0.25) is 0 Å². The molecule has 1 aliphatic rings. The summed E-state index contributed by atoms with van der Waals surface area (Å²) < 4.78 is 49.9. The van der Waals surface area contributed by atoms with E-state index in [-0.39, 0.29) is 29.7 Å². The molecule has 0 amide bonds. The van der Waals surface area contributed by atoms with Gasteiger partial charge in [-0.25, -0.2) is 0 Å². The number of benzene rings is 1. The Morgan fingerprint density at radius 2 is 1.81 bits per heavy atom. The molecule has 2 atom stereocenters. The van der Waals surface area contributed by atoms with Crippen LogP contribution < -0.4 is 10.1 Å². The van der Waals surface area contributed by atoms with Crippen LogP contribution in [0.2, 0.25) is 0 Å². The Labute approximate surface area is 122 Å². The van der Waals surface area contributed by atoms with Crippen LogP contribution in [0.3, 0.4) is 0 Å². The van der Waals surface area contributed by atoms with Crippen molar-refractivity contribution in [2.24, 2.45) is 0 Å². The number of hydrogen-bond donors (Lipinski definition) is 1. The van der Waals surface area contributed by atoms with E-state index in [9.17, 15) is 13.2 Å². The second-order valence-electron chi connectivity index (χ2n) is 5.48. The summed E-state index contributed by atoms with van der Waals surface area (Å²) in [6.07, 6.45) is -2.96. The van der Waals surface area contributed by atoms with Crippen molar-refractivity contribution >= 4 is 5.69 Å². The third-order valence-electron chi connectivity index (χ3n) is 3.59. The molecule has 1 saturated heterocycles. The van der Waals surface area contributed by atoms with Crippen molar-refractivity contribution in [3.05, 3.63) is 23.8 Å². The van der Waals surface area contributed by atoms with Gasteiger partial charge in [0.1, 0.15) is 5.75 Å². The molecular weight excluding hydrogens is 283 g/mol. The minimum absolute atomic E-state index is 0.0294. The predicted octanol–water partition coefficient (Wildman–Crippen LogP) is 4.08. The molecule has 0 radical (unpaired) electrons. The van der Waals surface area contributed by atoms with E-state index in [0.717, 1.165) is 6.07 Å². The molecule has 1 aliphatic heterocycles. The normalized spacial score (nSPS) is 26.5. The van der Waals surface area contributed by atoms with E-state index >= 15 is 0 Å². The number of halogens is 3. The molecule has 3 nitrogen and oxygen atoms in total. The van der Waals surface area contributed by atoms with Gasteiger partial charge in [0.2, 0.25) is 0 Å². The number of ether oxygens (including phenoxy) is 2. The van der Waals surface area contributed by atoms with Gasteiger partial charge in [-0.1, -0.05) is 0 Å². The Balaban J connectivity index is 2.23. The summed E-state index contributed by atoms with van der Waals surface area (Å²) >= 11 is 0. The fourth-order valence-electron chi connectivity index (χ4n) is 2.75. The summed E-state index contributed by atoms with van der Waals surface area (Å²) in [6, 6.07) is 3.95. The van der Waals surface area contributed by atoms with Gasteiger partial charge >= 0.3 is 6.18 Å². The largest absolute Gasteiger partial charge is 0.497 e. The lowest BCUT2D eigenvalue weighted by atomic mass is 9.99. The standard InChI is InChI=1S/C15H20F3NO2/c1-9-6-11(7-10(2)21-9)19-14-5-4-12(20-3)8-13(14)15(16,17)18/h4-5,8-11,19H,6-7H2,1-3H3. The highest BCUT2D eigenvalue weighted by Gasteiger charge is 2.35. The maximum atomic E-state index is 13.2. The molecule has 1 heterocycles. The first-order valence-corrected chi connectivity index (χ1v) is 6.97. The lowest BCUT2D eigenvalue weighted by molar-refractivity contribution is -0.137. The second-order valence-corrected chi connectivity index (χ2v) is 5.48. The molecule has 0 spiro atoms. The Kier molecular flexibility index (Phi) is 4.66. The minimum atomic E-state index is -4.42. The first-order valence-electron chi connectivity index (χ1n) is 6.97. The van der Waals surface area contributed by atoms with Gasteiger partial charge in [0.25, 0.3) is 0 Å². The van der Waals surface area contributed by atoms with E-state index in [1.54, 1.807) is 0 Å². The van der Waals surface area contributed by atoms with E-state index in [1.807, 2.05) is 13.8 Å². The zero-order valence-electron chi connectivity index (χ0n) is 12.3. The first kappa shape index (κ1) is 15.9. The van der Waals surface area contributed by atoms with Crippen LogP contribution in [-0.2, 0) is 10.9 Å². The number of methoxy groups -OCH3 is 1. The smallest absolute Gasteiger partial charge is 0.418 e. The average molecular weight is 303 g/mol. The van der Waals surface area contributed by atoms with Crippen LogP contribution >= 0.6 is 0 Å². The van der Waals surface area contributed by atoms with Gasteiger partial charge in [0.15, 0.2) is 0 Å². The van der Waals surface area contributed by atoms with Gasteiger partial charge in [-0.05, 0) is 44.9 Å². The molecule has 118 valence electrons. The zero-order chi connectivity index (χ0) is 15.6. The van der Waals surface area contributed by atoms with Gasteiger partial charge in [0, 0.05) is 11.7 Å². The quantitative estimate of drug-likeness (QED) is 0.912. The van der Waals surface area contributed by atoms with Crippen LogP contribution in [0, 0.1) is 0 Å². The van der Waals surface area contributed by atoms with Crippen LogP contribution in [-0.4, -0.2) is 25.4 Å². The minimum Gasteiger partial charge on any atom is -0.497 e. The summed E-state index contributed by atoms with van der Waals surface area (Å²) in [5.74, 6) is 0.196. The van der Waals surface area contributed by atoms with Gasteiger partial charge in [-0.15, -0.1) is 0 Å². The van der Waals surface area contributed by atoms with Crippen molar-refractivity contribution in [1.82, 2.24) is 0 Å². The van der Waals surface area contributed by atoms with Crippen molar-refractivity contribution in [3.8, 4) is 5.75 Å². The monoisotopic (exact) mass is 303 g/mol. The molecule has 0 saturated carbocycles. The van der Waals surface area contributed by atoms with Crippen molar-refractivity contribution in [1.29, 1.82) is 0 Å². The number of rotatable bonds is 3. The zero-order valence-corrected chi connectivity index (χ0v) is 12.3. The highest BCUT2D eigenvalue weighted by Crippen LogP contribution is 2.38. The fourth-order valence-corrected chi connectivity index (χ4v) is 2.75. The third-order valence-corrected chi connectivity index (χ3v) is 3.59. The molecule has 1 aromatic carbocycles. The predicted molar refractivity (Wildman–Crippen MR) is 74.6 cm³/mol. The average Bonchev–Trinajstić information content (AvgIpc) is 2.36. The van der Waals surface area contributed by atoms with Gasteiger partial charge in [-0.2, -0.15) is 13.2 Å². The molecule has 1 fully saturated rings. The summed E-state index contributed by atoms with van der Waals surface area (Å²) in [4.78, 5) is 0. The lowest BCUT2D eigenvalue weighted by Gasteiger charge is -2.33. The van der Waals surface area contributed by atoms with Gasteiger partial charge < -0.3 is 14.8 Å². The SMILES string of the molecule is COc1ccc(NC2CC(C)OC(C)C2)c(C(F)(F)F)c1. The number of hydrogen-bond acceptors (Lipinski definition) is 3. The van der Waals surface area contributed by atoms with Crippen LogP contribution in [0.25, 0.3) is 0 Å². The van der Waals surface area contributed by atoms with E-state index in [1.165, 1.54) is 19.2 Å². The molecule has 1 aromatic rings. The van der Waals surface area contributed by atoms with E-state index in [4.69, 9.17) is 9.47 Å². The molecule has 0 aliphatic carbocycles. The Hall–Kier alpha value is -1.43. The summed E-state index contributed by atoms with van der Waals surface area (Å²) in [7, 11) is 1.35. The summed E-state index contributed by atoms with van der Waals surface area (Å²) in [5.41, 5.74) is -0.608. The van der Waals surface area contributed by atoms with Crippen LogP contribution in [0.4, 0.5) is 18.9 Å². The number of nitrogens with one attached hydrogen (secondary N) is 1. The van der Waals surface area contributed by atoms with E-state index in [0.29, 0.717) is 12.8 Å². The molecule has 21 heavy (non-hydrogen) atoms. The number of alkyl halides is 3. The highest BCUT2D eigenvalue weighted by molar-refractivity contribution is 5.56. The fraction of sp³-hybridized carbons (Fsp3) is 0.600. The lowest BCUT2D eigenvalue weighted by Crippen LogP contribution is -2.37. The van der Waals surface area contributed by atoms with E-state index in [2.05, 4.69) is 5.32 Å². The molecular formula is C15H20F3NO2. The summed E-state index contributed by atoms with van der Waals surface area (Å²) in [6.45, 7) is 3.87. The molecule has 6 heteroatoms. The molecule has 2 rings (SSSR count). The van der Waals surface area contributed by atoms with Crippen LogP contribution in [0.15, 0.2) is 18.2 Å². The topological polar surface area (TPSA) is 30.5 Å². The van der Waals surface area contributed by atoms with E-state index < -0.39 is 11.7 Å². The molecule has 0 bridgehead atoms. The molecule has 1 N–H and O–H groups in total. The first-order chi connectivity index (χ1) is 9.79. The van der Waals surface area contributed by atoms with Crippen LogP contribution in [0.5, 0.6) is 5.75 Å². The van der Waals surface area contributed by atoms with Crippen molar-refractivity contribution in [2.75, 3.05) is 12.4 Å². The van der Waals surface area contributed by atoms with Crippen molar-refractivity contribution < 1.29 is 22.6 Å². The maximum Gasteiger partial charge on any atom is 0.418 e. The maximum absolute atomic E-state index is 13.2. The number of anilines is 1. The Bertz CT molecular complexity index is 480.